The Kier molecular flexibility index (Phi) is 10.2. The number of piperazine rings is 1. The maximum absolute atomic E-state index is 11.8. The molecule has 1 aliphatic heterocycles. The summed E-state index contributed by atoms with van der Waals surface area (Å²) in [5.41, 5.74) is 0.811. The molecule has 0 spiro atoms. The molecule has 1 heterocycles. The lowest BCUT2D eigenvalue weighted by atomic mass is 10.2. The Hall–Kier alpha value is -1.01. The topological polar surface area (TPSA) is 53.6 Å². The zero-order chi connectivity index (χ0) is 13.5. The van der Waals surface area contributed by atoms with Gasteiger partial charge >= 0.3 is 0 Å². The number of nitrogens with zero attached hydrogens (tertiary/aromatic N) is 1. The molecule has 7 heteroatoms. The van der Waals surface area contributed by atoms with Crippen LogP contribution in [0.1, 0.15) is 6.42 Å². The SMILES string of the molecule is COc1ccc(NC(=O)CCN2CCNCC2)cc1.Cl.Cl. The first-order valence-corrected chi connectivity index (χ1v) is 6.65. The molecule has 2 N–H and O–H groups in total. The molecular formula is C14H23Cl2N3O2. The van der Waals surface area contributed by atoms with Crippen LogP contribution < -0.4 is 15.4 Å². The number of benzene rings is 1. The largest absolute Gasteiger partial charge is 0.497 e. The molecule has 5 nitrogen and oxygen atoms in total. The van der Waals surface area contributed by atoms with Gasteiger partial charge in [0.15, 0.2) is 0 Å². The summed E-state index contributed by atoms with van der Waals surface area (Å²) in [5.74, 6) is 0.850. The maximum atomic E-state index is 11.8. The Bertz CT molecular complexity index is 409. The van der Waals surface area contributed by atoms with Crippen LogP contribution in [0.4, 0.5) is 5.69 Å². The number of anilines is 1. The van der Waals surface area contributed by atoms with Crippen LogP contribution >= 0.6 is 24.8 Å². The van der Waals surface area contributed by atoms with Crippen molar-refractivity contribution in [2.24, 2.45) is 0 Å². The number of carbonyl (C=O) groups excluding carboxylic acids is 1. The monoisotopic (exact) mass is 335 g/mol. The maximum Gasteiger partial charge on any atom is 0.225 e. The van der Waals surface area contributed by atoms with E-state index in [-0.39, 0.29) is 30.7 Å². The van der Waals surface area contributed by atoms with E-state index in [0.717, 1.165) is 44.2 Å². The lowest BCUT2D eigenvalue weighted by Crippen LogP contribution is -2.44. The molecule has 1 aromatic rings. The molecule has 0 bridgehead atoms. The van der Waals surface area contributed by atoms with Crippen LogP contribution in [0.5, 0.6) is 5.75 Å². The molecule has 0 aromatic heterocycles. The van der Waals surface area contributed by atoms with Crippen molar-refractivity contribution >= 4 is 36.4 Å². The van der Waals surface area contributed by atoms with Crippen LogP contribution in [0.2, 0.25) is 0 Å². The van der Waals surface area contributed by atoms with Gasteiger partial charge in [-0.05, 0) is 24.3 Å². The van der Waals surface area contributed by atoms with Gasteiger partial charge in [-0.3, -0.25) is 4.79 Å². The lowest BCUT2D eigenvalue weighted by Gasteiger charge is -2.26. The Morgan fingerprint density at radius 1 is 1.24 bits per heavy atom. The summed E-state index contributed by atoms with van der Waals surface area (Å²) < 4.78 is 5.08. The van der Waals surface area contributed by atoms with E-state index in [0.29, 0.717) is 6.42 Å². The van der Waals surface area contributed by atoms with E-state index in [1.807, 2.05) is 24.3 Å². The summed E-state index contributed by atoms with van der Waals surface area (Å²) in [7, 11) is 1.63. The number of ether oxygens (including phenoxy) is 1. The second kappa shape index (κ2) is 10.7. The molecule has 120 valence electrons. The van der Waals surface area contributed by atoms with Gasteiger partial charge in [-0.25, -0.2) is 0 Å². The third-order valence-electron chi connectivity index (χ3n) is 3.24. The van der Waals surface area contributed by atoms with Crippen molar-refractivity contribution in [2.75, 3.05) is 45.2 Å². The van der Waals surface area contributed by atoms with Gasteiger partial charge in [0.2, 0.25) is 5.91 Å². The summed E-state index contributed by atoms with van der Waals surface area (Å²) in [6, 6.07) is 7.38. The number of halogens is 2. The van der Waals surface area contributed by atoms with E-state index in [1.54, 1.807) is 7.11 Å². The van der Waals surface area contributed by atoms with E-state index in [1.165, 1.54) is 0 Å². The smallest absolute Gasteiger partial charge is 0.225 e. The zero-order valence-corrected chi connectivity index (χ0v) is 13.8. The van der Waals surface area contributed by atoms with Crippen molar-refractivity contribution in [1.29, 1.82) is 0 Å². The van der Waals surface area contributed by atoms with Gasteiger partial charge in [-0.2, -0.15) is 0 Å². The predicted molar refractivity (Wildman–Crippen MR) is 90.0 cm³/mol. The van der Waals surface area contributed by atoms with Gasteiger partial charge in [0.05, 0.1) is 7.11 Å². The predicted octanol–water partition coefficient (Wildman–Crippen LogP) is 1.77. The van der Waals surface area contributed by atoms with E-state index < -0.39 is 0 Å². The van der Waals surface area contributed by atoms with Crippen molar-refractivity contribution in [2.45, 2.75) is 6.42 Å². The minimum atomic E-state index is 0. The van der Waals surface area contributed by atoms with Gasteiger partial charge in [-0.15, -0.1) is 24.8 Å². The summed E-state index contributed by atoms with van der Waals surface area (Å²) in [4.78, 5) is 14.1. The second-order valence-electron chi connectivity index (χ2n) is 4.62. The fourth-order valence-electron chi connectivity index (χ4n) is 2.09. The number of rotatable bonds is 5. The van der Waals surface area contributed by atoms with E-state index in [4.69, 9.17) is 4.74 Å². The minimum Gasteiger partial charge on any atom is -0.497 e. The lowest BCUT2D eigenvalue weighted by molar-refractivity contribution is -0.116. The van der Waals surface area contributed by atoms with Crippen molar-refractivity contribution < 1.29 is 9.53 Å². The number of hydrogen-bond acceptors (Lipinski definition) is 4. The molecule has 1 aliphatic rings. The summed E-state index contributed by atoms with van der Waals surface area (Å²) in [5, 5.41) is 6.19. The van der Waals surface area contributed by atoms with Gasteiger partial charge < -0.3 is 20.3 Å². The fraction of sp³-hybridized carbons (Fsp3) is 0.500. The number of amides is 1. The second-order valence-corrected chi connectivity index (χ2v) is 4.62. The highest BCUT2D eigenvalue weighted by molar-refractivity contribution is 5.90. The van der Waals surface area contributed by atoms with Crippen LogP contribution in [0.25, 0.3) is 0 Å². The van der Waals surface area contributed by atoms with E-state index >= 15 is 0 Å². The quantitative estimate of drug-likeness (QED) is 0.861. The number of carbonyl (C=O) groups is 1. The average molecular weight is 336 g/mol. The first kappa shape index (κ1) is 20.0. The molecule has 0 unspecified atom stereocenters. The number of hydrogen-bond donors (Lipinski definition) is 2. The highest BCUT2D eigenvalue weighted by Crippen LogP contribution is 2.15. The Morgan fingerprint density at radius 2 is 1.86 bits per heavy atom. The third-order valence-corrected chi connectivity index (χ3v) is 3.24. The number of nitrogens with one attached hydrogen (secondary N) is 2. The van der Waals surface area contributed by atoms with Gasteiger partial charge in [-0.1, -0.05) is 0 Å². The highest BCUT2D eigenvalue weighted by Gasteiger charge is 2.11. The Balaban J connectivity index is 0.00000200. The molecule has 2 rings (SSSR count). The summed E-state index contributed by atoms with van der Waals surface area (Å²) >= 11 is 0. The Morgan fingerprint density at radius 3 is 2.43 bits per heavy atom. The molecule has 1 amide bonds. The van der Waals surface area contributed by atoms with Gasteiger partial charge in [0.25, 0.3) is 0 Å². The summed E-state index contributed by atoms with van der Waals surface area (Å²) in [6.45, 7) is 4.90. The average Bonchev–Trinajstić information content (AvgIpc) is 2.47. The van der Waals surface area contributed by atoms with Crippen LogP contribution in [-0.4, -0.2) is 50.6 Å². The fourth-order valence-corrected chi connectivity index (χ4v) is 2.09. The highest BCUT2D eigenvalue weighted by atomic mass is 35.5. The number of methoxy groups -OCH3 is 1. The molecule has 21 heavy (non-hydrogen) atoms. The molecule has 1 aromatic carbocycles. The summed E-state index contributed by atoms with van der Waals surface area (Å²) in [6.07, 6.45) is 0.534. The Labute approximate surface area is 138 Å². The zero-order valence-electron chi connectivity index (χ0n) is 12.1. The standard InChI is InChI=1S/C14H21N3O2.2ClH/c1-19-13-4-2-12(3-5-13)16-14(18)6-9-17-10-7-15-8-11-17;;/h2-5,15H,6-11H2,1H3,(H,16,18);2*1H. The molecule has 0 saturated carbocycles. The van der Waals surface area contributed by atoms with Crippen LogP contribution in [-0.2, 0) is 4.79 Å². The molecule has 1 saturated heterocycles. The molecule has 1 fully saturated rings. The minimum absolute atomic E-state index is 0. The molecular weight excluding hydrogens is 313 g/mol. The van der Waals surface area contributed by atoms with Crippen LogP contribution in [0.3, 0.4) is 0 Å². The first-order valence-electron chi connectivity index (χ1n) is 6.65. The van der Waals surface area contributed by atoms with Crippen LogP contribution in [0.15, 0.2) is 24.3 Å². The third kappa shape index (κ3) is 7.00. The van der Waals surface area contributed by atoms with Crippen molar-refractivity contribution in [3.05, 3.63) is 24.3 Å². The van der Waals surface area contributed by atoms with Crippen molar-refractivity contribution in [3.8, 4) is 5.75 Å². The van der Waals surface area contributed by atoms with Crippen LogP contribution in [0, 0.1) is 0 Å². The van der Waals surface area contributed by atoms with E-state index in [9.17, 15) is 4.79 Å². The molecule has 0 atom stereocenters. The normalized spacial score (nSPS) is 14.5. The van der Waals surface area contributed by atoms with Crippen molar-refractivity contribution in [1.82, 2.24) is 10.2 Å². The first-order chi connectivity index (χ1) is 9.28. The van der Waals surface area contributed by atoms with E-state index in [2.05, 4.69) is 15.5 Å². The molecule has 0 aliphatic carbocycles. The van der Waals surface area contributed by atoms with Gasteiger partial charge in [0, 0.05) is 44.8 Å². The molecule has 0 radical (unpaired) electrons. The van der Waals surface area contributed by atoms with Crippen molar-refractivity contribution in [3.63, 3.8) is 0 Å². The van der Waals surface area contributed by atoms with Gasteiger partial charge in [0.1, 0.15) is 5.75 Å².